The maximum atomic E-state index is 12.8. The van der Waals surface area contributed by atoms with Gasteiger partial charge in [0.2, 0.25) is 5.91 Å². The molecule has 2 atom stereocenters. The molecule has 1 aliphatic heterocycles. The van der Waals surface area contributed by atoms with Crippen LogP contribution in [0.5, 0.6) is 0 Å². The van der Waals surface area contributed by atoms with Crippen LogP contribution in [-0.4, -0.2) is 49.5 Å². The molecule has 1 amide bonds. The van der Waals surface area contributed by atoms with E-state index in [0.29, 0.717) is 13.2 Å². The lowest BCUT2D eigenvalue weighted by atomic mass is 10.0. The monoisotopic (exact) mass is 324 g/mol. The van der Waals surface area contributed by atoms with E-state index in [-0.39, 0.29) is 18.1 Å². The molecule has 1 saturated heterocycles. The predicted octanol–water partition coefficient (Wildman–Crippen LogP) is 2.89. The summed E-state index contributed by atoms with van der Waals surface area (Å²) in [7, 11) is 3.63. The van der Waals surface area contributed by atoms with Gasteiger partial charge in [-0.2, -0.15) is 0 Å². The molecule has 4 nitrogen and oxygen atoms in total. The number of nitrogens with zero attached hydrogens (tertiary/aromatic N) is 2. The minimum atomic E-state index is -0.267. The zero-order chi connectivity index (χ0) is 16.9. The van der Waals surface area contributed by atoms with Gasteiger partial charge in [0.15, 0.2) is 0 Å². The van der Waals surface area contributed by atoms with E-state index in [1.165, 1.54) is 0 Å². The molecule has 0 aromatic heterocycles. The Morgan fingerprint density at radius 2 is 1.71 bits per heavy atom. The van der Waals surface area contributed by atoms with Crippen LogP contribution in [-0.2, 0) is 9.53 Å². The number of likely N-dealkylation sites (N-methyl/N-ethyl adjacent to an activating group) is 1. The Labute approximate surface area is 143 Å². The SMILES string of the molecule is CN(C)C(=O)[C@H](c1ccccc1)N1CCO[C@H](c2ccccc2)C1. The summed E-state index contributed by atoms with van der Waals surface area (Å²) in [5.74, 6) is 0.106. The molecule has 0 N–H and O–H groups in total. The molecule has 24 heavy (non-hydrogen) atoms. The van der Waals surface area contributed by atoms with E-state index in [4.69, 9.17) is 4.74 Å². The zero-order valence-corrected chi connectivity index (χ0v) is 14.3. The van der Waals surface area contributed by atoms with Gasteiger partial charge in [0, 0.05) is 27.2 Å². The largest absolute Gasteiger partial charge is 0.371 e. The van der Waals surface area contributed by atoms with Crippen LogP contribution in [0.15, 0.2) is 60.7 Å². The van der Waals surface area contributed by atoms with Crippen molar-refractivity contribution in [2.75, 3.05) is 33.8 Å². The second-order valence-corrected chi connectivity index (χ2v) is 6.31. The Morgan fingerprint density at radius 1 is 1.08 bits per heavy atom. The first-order valence-corrected chi connectivity index (χ1v) is 8.33. The van der Waals surface area contributed by atoms with E-state index in [1.54, 1.807) is 4.90 Å². The number of hydrogen-bond donors (Lipinski definition) is 0. The van der Waals surface area contributed by atoms with Crippen molar-refractivity contribution in [3.63, 3.8) is 0 Å². The molecule has 2 aromatic carbocycles. The van der Waals surface area contributed by atoms with E-state index >= 15 is 0 Å². The molecule has 1 heterocycles. The molecule has 0 spiro atoms. The summed E-state index contributed by atoms with van der Waals surface area (Å²) in [6, 6.07) is 20.0. The van der Waals surface area contributed by atoms with Gasteiger partial charge in [0.25, 0.3) is 0 Å². The van der Waals surface area contributed by atoms with Crippen molar-refractivity contribution in [2.24, 2.45) is 0 Å². The minimum absolute atomic E-state index is 0.00104. The molecule has 4 heteroatoms. The van der Waals surface area contributed by atoms with E-state index in [2.05, 4.69) is 17.0 Å². The Hall–Kier alpha value is -2.17. The molecule has 0 radical (unpaired) electrons. The fourth-order valence-corrected chi connectivity index (χ4v) is 3.16. The van der Waals surface area contributed by atoms with Gasteiger partial charge < -0.3 is 9.64 Å². The van der Waals surface area contributed by atoms with E-state index in [9.17, 15) is 4.79 Å². The summed E-state index contributed by atoms with van der Waals surface area (Å²) >= 11 is 0. The quantitative estimate of drug-likeness (QED) is 0.867. The molecular formula is C20H24N2O2. The standard InChI is InChI=1S/C20H24N2O2/c1-21(2)20(23)19(17-11-7-4-8-12-17)22-13-14-24-18(15-22)16-9-5-3-6-10-16/h3-12,18-19H,13-15H2,1-2H3/t18-,19-/m0/s1. The van der Waals surface area contributed by atoms with Crippen molar-refractivity contribution >= 4 is 5.91 Å². The fraction of sp³-hybridized carbons (Fsp3) is 0.350. The molecular weight excluding hydrogens is 300 g/mol. The second kappa shape index (κ2) is 7.60. The zero-order valence-electron chi connectivity index (χ0n) is 14.3. The Morgan fingerprint density at radius 3 is 2.33 bits per heavy atom. The Balaban J connectivity index is 1.86. The van der Waals surface area contributed by atoms with Gasteiger partial charge in [-0.1, -0.05) is 60.7 Å². The highest BCUT2D eigenvalue weighted by Gasteiger charge is 2.33. The van der Waals surface area contributed by atoms with Gasteiger partial charge >= 0.3 is 0 Å². The van der Waals surface area contributed by atoms with Gasteiger partial charge in [-0.25, -0.2) is 0 Å². The number of morpholine rings is 1. The van der Waals surface area contributed by atoms with E-state index in [1.807, 2.05) is 62.6 Å². The first kappa shape index (κ1) is 16.7. The normalized spacial score (nSPS) is 19.7. The number of amides is 1. The Bertz CT molecular complexity index is 658. The summed E-state index contributed by atoms with van der Waals surface area (Å²) in [5.41, 5.74) is 2.19. The summed E-state index contributed by atoms with van der Waals surface area (Å²) in [6.45, 7) is 2.09. The molecule has 0 saturated carbocycles. The van der Waals surface area contributed by atoms with Crippen molar-refractivity contribution in [1.29, 1.82) is 0 Å². The van der Waals surface area contributed by atoms with Crippen molar-refractivity contribution in [3.05, 3.63) is 71.8 Å². The summed E-state index contributed by atoms with van der Waals surface area (Å²) in [6.07, 6.45) is 0.00104. The Kier molecular flexibility index (Phi) is 5.28. The third-order valence-corrected chi connectivity index (χ3v) is 4.42. The van der Waals surface area contributed by atoms with Gasteiger partial charge in [0.1, 0.15) is 6.04 Å². The molecule has 0 aliphatic carbocycles. The molecule has 3 rings (SSSR count). The fourth-order valence-electron chi connectivity index (χ4n) is 3.16. The number of carbonyl (C=O) groups is 1. The van der Waals surface area contributed by atoms with Gasteiger partial charge in [-0.15, -0.1) is 0 Å². The average Bonchev–Trinajstić information content (AvgIpc) is 2.64. The molecule has 0 bridgehead atoms. The number of carbonyl (C=O) groups excluding carboxylic acids is 1. The number of rotatable bonds is 4. The average molecular weight is 324 g/mol. The third-order valence-electron chi connectivity index (χ3n) is 4.42. The van der Waals surface area contributed by atoms with E-state index < -0.39 is 0 Å². The summed E-state index contributed by atoms with van der Waals surface area (Å²) < 4.78 is 5.95. The van der Waals surface area contributed by atoms with Crippen LogP contribution in [0.2, 0.25) is 0 Å². The van der Waals surface area contributed by atoms with Crippen molar-refractivity contribution < 1.29 is 9.53 Å². The first-order chi connectivity index (χ1) is 11.7. The molecule has 0 unspecified atom stereocenters. The highest BCUT2D eigenvalue weighted by Crippen LogP contribution is 2.29. The third kappa shape index (κ3) is 3.66. The summed E-state index contributed by atoms with van der Waals surface area (Å²) in [5, 5.41) is 0. The van der Waals surface area contributed by atoms with Gasteiger partial charge in [0.05, 0.1) is 12.7 Å². The number of hydrogen-bond acceptors (Lipinski definition) is 3. The van der Waals surface area contributed by atoms with Crippen LogP contribution in [0.3, 0.4) is 0 Å². The maximum absolute atomic E-state index is 12.8. The second-order valence-electron chi connectivity index (χ2n) is 6.31. The van der Waals surface area contributed by atoms with Crippen molar-refractivity contribution in [2.45, 2.75) is 12.1 Å². The lowest BCUT2D eigenvalue weighted by molar-refractivity contribution is -0.138. The number of benzene rings is 2. The van der Waals surface area contributed by atoms with Gasteiger partial charge in [-0.05, 0) is 11.1 Å². The highest BCUT2D eigenvalue weighted by molar-refractivity contribution is 5.82. The molecule has 126 valence electrons. The maximum Gasteiger partial charge on any atom is 0.244 e. The van der Waals surface area contributed by atoms with Crippen molar-refractivity contribution in [1.82, 2.24) is 9.80 Å². The molecule has 1 fully saturated rings. The minimum Gasteiger partial charge on any atom is -0.371 e. The topological polar surface area (TPSA) is 32.8 Å². The van der Waals surface area contributed by atoms with Crippen LogP contribution < -0.4 is 0 Å². The van der Waals surface area contributed by atoms with Gasteiger partial charge in [-0.3, -0.25) is 9.69 Å². The molecule has 1 aliphatic rings. The van der Waals surface area contributed by atoms with Crippen molar-refractivity contribution in [3.8, 4) is 0 Å². The number of ether oxygens (including phenoxy) is 1. The van der Waals surface area contributed by atoms with Crippen LogP contribution >= 0.6 is 0 Å². The highest BCUT2D eigenvalue weighted by atomic mass is 16.5. The lowest BCUT2D eigenvalue weighted by Gasteiger charge is -2.38. The van der Waals surface area contributed by atoms with Crippen LogP contribution in [0.25, 0.3) is 0 Å². The van der Waals surface area contributed by atoms with Crippen LogP contribution in [0.4, 0.5) is 0 Å². The smallest absolute Gasteiger partial charge is 0.244 e. The van der Waals surface area contributed by atoms with Crippen LogP contribution in [0.1, 0.15) is 23.3 Å². The van der Waals surface area contributed by atoms with Crippen LogP contribution in [0, 0.1) is 0 Å². The first-order valence-electron chi connectivity index (χ1n) is 8.33. The predicted molar refractivity (Wildman–Crippen MR) is 94.6 cm³/mol. The summed E-state index contributed by atoms with van der Waals surface area (Å²) in [4.78, 5) is 16.7. The molecule has 2 aromatic rings. The van der Waals surface area contributed by atoms with E-state index in [0.717, 1.165) is 17.7 Å². The lowest BCUT2D eigenvalue weighted by Crippen LogP contribution is -2.46.